The number of hydrogen-bond acceptors (Lipinski definition) is 6. The number of nitrogens with zero attached hydrogens (tertiary/aromatic N) is 4. The maximum atomic E-state index is 12.7. The molecule has 1 saturated heterocycles. The van der Waals surface area contributed by atoms with Crippen molar-refractivity contribution in [2.24, 2.45) is 0 Å². The first-order valence-corrected chi connectivity index (χ1v) is 10.2. The van der Waals surface area contributed by atoms with Gasteiger partial charge in [0.15, 0.2) is 5.13 Å². The Morgan fingerprint density at radius 2 is 2.04 bits per heavy atom. The van der Waals surface area contributed by atoms with Gasteiger partial charge < -0.3 is 4.74 Å². The first kappa shape index (κ1) is 18.8. The minimum Gasteiger partial charge on any atom is -0.379 e. The van der Waals surface area contributed by atoms with Gasteiger partial charge in [0.1, 0.15) is 0 Å². The van der Waals surface area contributed by atoms with Crippen molar-refractivity contribution < 1.29 is 9.53 Å². The summed E-state index contributed by atoms with van der Waals surface area (Å²) in [7, 11) is 0. The molecule has 0 bridgehead atoms. The molecule has 0 saturated carbocycles. The molecular formula is C20H23N5O2S. The monoisotopic (exact) mass is 397 g/mol. The van der Waals surface area contributed by atoms with Crippen molar-refractivity contribution in [3.8, 4) is 5.69 Å². The summed E-state index contributed by atoms with van der Waals surface area (Å²) < 4.78 is 7.17. The zero-order valence-electron chi connectivity index (χ0n) is 16.0. The molecule has 146 valence electrons. The van der Waals surface area contributed by atoms with Gasteiger partial charge in [-0.1, -0.05) is 18.2 Å². The average Bonchev–Trinajstić information content (AvgIpc) is 3.29. The molecule has 2 aromatic heterocycles. The Morgan fingerprint density at radius 1 is 1.25 bits per heavy atom. The number of hydrogen-bond donors (Lipinski definition) is 1. The molecule has 0 aliphatic carbocycles. The topological polar surface area (TPSA) is 72.3 Å². The molecule has 4 rings (SSSR count). The Bertz CT molecular complexity index is 975. The van der Waals surface area contributed by atoms with Crippen LogP contribution >= 0.6 is 11.3 Å². The van der Waals surface area contributed by atoms with Crippen molar-refractivity contribution in [3.05, 3.63) is 58.4 Å². The number of rotatable bonds is 5. The maximum absolute atomic E-state index is 12.7. The minimum atomic E-state index is -0.190. The van der Waals surface area contributed by atoms with Crippen molar-refractivity contribution in [1.29, 1.82) is 0 Å². The maximum Gasteiger partial charge on any atom is 0.260 e. The summed E-state index contributed by atoms with van der Waals surface area (Å²) in [4.78, 5) is 19.6. The van der Waals surface area contributed by atoms with Crippen LogP contribution in [0.2, 0.25) is 0 Å². The molecule has 1 aliphatic heterocycles. The van der Waals surface area contributed by atoms with Crippen molar-refractivity contribution in [1.82, 2.24) is 19.7 Å². The fourth-order valence-electron chi connectivity index (χ4n) is 3.27. The quantitative estimate of drug-likeness (QED) is 0.716. The molecule has 0 atom stereocenters. The second-order valence-corrected chi connectivity index (χ2v) is 7.69. The normalized spacial score (nSPS) is 14.9. The zero-order chi connectivity index (χ0) is 19.5. The number of carbonyl (C=O) groups excluding carboxylic acids is 1. The smallest absolute Gasteiger partial charge is 0.260 e. The predicted octanol–water partition coefficient (Wildman–Crippen LogP) is 3.03. The van der Waals surface area contributed by atoms with E-state index in [0.717, 1.165) is 55.5 Å². The van der Waals surface area contributed by atoms with Crippen LogP contribution in [0.25, 0.3) is 5.69 Å². The van der Waals surface area contributed by atoms with Crippen molar-refractivity contribution in [2.45, 2.75) is 20.4 Å². The number of aryl methyl sites for hydroxylation is 1. The molecule has 1 amide bonds. The van der Waals surface area contributed by atoms with E-state index in [1.807, 2.05) is 43.5 Å². The molecule has 1 aromatic carbocycles. The standard InChI is InChI=1S/C20H23N5O2S/c1-14-5-3-4-6-18(14)25-15(2)17(11-21-25)19(26)23-20-22-16(13-28-20)12-24-7-9-27-10-8-24/h3-6,11,13H,7-10,12H2,1-2H3,(H,22,23,26). The van der Waals surface area contributed by atoms with Crippen LogP contribution in [0.15, 0.2) is 35.8 Å². The highest BCUT2D eigenvalue weighted by Gasteiger charge is 2.18. The molecule has 28 heavy (non-hydrogen) atoms. The summed E-state index contributed by atoms with van der Waals surface area (Å²) in [5.41, 5.74) is 4.40. The average molecular weight is 398 g/mol. The van der Waals surface area contributed by atoms with Crippen LogP contribution in [0.3, 0.4) is 0 Å². The number of amides is 1. The Morgan fingerprint density at radius 3 is 2.82 bits per heavy atom. The van der Waals surface area contributed by atoms with Gasteiger partial charge in [-0.2, -0.15) is 5.10 Å². The predicted molar refractivity (Wildman–Crippen MR) is 109 cm³/mol. The van der Waals surface area contributed by atoms with Crippen LogP contribution in [0.1, 0.15) is 27.3 Å². The zero-order valence-corrected chi connectivity index (χ0v) is 16.8. The Balaban J connectivity index is 1.45. The van der Waals surface area contributed by atoms with E-state index in [0.29, 0.717) is 10.7 Å². The molecule has 1 aliphatic rings. The van der Waals surface area contributed by atoms with Gasteiger partial charge in [-0.15, -0.1) is 11.3 Å². The van der Waals surface area contributed by atoms with E-state index in [1.54, 1.807) is 10.9 Å². The number of thiazole rings is 1. The molecule has 3 aromatic rings. The van der Waals surface area contributed by atoms with Crippen molar-refractivity contribution >= 4 is 22.4 Å². The number of nitrogens with one attached hydrogen (secondary N) is 1. The molecule has 1 fully saturated rings. The van der Waals surface area contributed by atoms with Gasteiger partial charge in [0.2, 0.25) is 0 Å². The summed E-state index contributed by atoms with van der Waals surface area (Å²) in [6.45, 7) is 8.06. The van der Waals surface area contributed by atoms with E-state index in [2.05, 4.69) is 20.3 Å². The van der Waals surface area contributed by atoms with Gasteiger partial charge in [0.25, 0.3) is 5.91 Å². The second-order valence-electron chi connectivity index (χ2n) is 6.83. The van der Waals surface area contributed by atoms with Crippen LogP contribution in [-0.4, -0.2) is 51.9 Å². The molecular weight excluding hydrogens is 374 g/mol. The highest BCUT2D eigenvalue weighted by molar-refractivity contribution is 7.14. The van der Waals surface area contributed by atoms with E-state index in [4.69, 9.17) is 4.74 Å². The lowest BCUT2D eigenvalue weighted by Crippen LogP contribution is -2.35. The van der Waals surface area contributed by atoms with Gasteiger partial charge in [-0.25, -0.2) is 9.67 Å². The minimum absolute atomic E-state index is 0.190. The molecule has 8 heteroatoms. The third-order valence-corrected chi connectivity index (χ3v) is 5.67. The summed E-state index contributed by atoms with van der Waals surface area (Å²) in [6.07, 6.45) is 1.61. The lowest BCUT2D eigenvalue weighted by atomic mass is 10.2. The molecule has 0 unspecified atom stereocenters. The van der Waals surface area contributed by atoms with E-state index in [-0.39, 0.29) is 5.91 Å². The van der Waals surface area contributed by atoms with Crippen LogP contribution in [0.5, 0.6) is 0 Å². The number of para-hydroxylation sites is 1. The van der Waals surface area contributed by atoms with Gasteiger partial charge >= 0.3 is 0 Å². The van der Waals surface area contributed by atoms with Crippen LogP contribution in [0.4, 0.5) is 5.13 Å². The molecule has 0 spiro atoms. The number of anilines is 1. The lowest BCUT2D eigenvalue weighted by Gasteiger charge is -2.25. The van der Waals surface area contributed by atoms with Gasteiger partial charge in [0.05, 0.1) is 42.0 Å². The highest BCUT2D eigenvalue weighted by Crippen LogP contribution is 2.21. The van der Waals surface area contributed by atoms with E-state index in [1.165, 1.54) is 11.3 Å². The number of benzene rings is 1. The summed E-state index contributed by atoms with van der Waals surface area (Å²) in [5, 5.41) is 9.92. The number of carbonyl (C=O) groups is 1. The Labute approximate surface area is 168 Å². The van der Waals surface area contributed by atoms with Crippen molar-refractivity contribution in [3.63, 3.8) is 0 Å². The van der Waals surface area contributed by atoms with E-state index >= 15 is 0 Å². The third kappa shape index (κ3) is 3.99. The Kier molecular flexibility index (Phi) is 5.52. The SMILES string of the molecule is Cc1ccccc1-n1ncc(C(=O)Nc2nc(CN3CCOCC3)cs2)c1C. The van der Waals surface area contributed by atoms with Crippen molar-refractivity contribution in [2.75, 3.05) is 31.6 Å². The fraction of sp³-hybridized carbons (Fsp3) is 0.350. The number of aromatic nitrogens is 3. The molecule has 7 nitrogen and oxygen atoms in total. The van der Waals surface area contributed by atoms with Crippen LogP contribution < -0.4 is 5.32 Å². The van der Waals surface area contributed by atoms with Gasteiger partial charge in [-0.05, 0) is 25.5 Å². The lowest BCUT2D eigenvalue weighted by molar-refractivity contribution is 0.0337. The highest BCUT2D eigenvalue weighted by atomic mass is 32.1. The van der Waals surface area contributed by atoms with Gasteiger partial charge in [0, 0.05) is 25.0 Å². The summed E-state index contributed by atoms with van der Waals surface area (Å²) in [5.74, 6) is -0.190. The Hall–Kier alpha value is -2.55. The second kappa shape index (κ2) is 8.22. The molecule has 1 N–H and O–H groups in total. The first-order valence-electron chi connectivity index (χ1n) is 9.28. The van der Waals surface area contributed by atoms with Crippen LogP contribution in [0, 0.1) is 13.8 Å². The molecule has 0 radical (unpaired) electrons. The summed E-state index contributed by atoms with van der Waals surface area (Å²) in [6, 6.07) is 7.98. The largest absolute Gasteiger partial charge is 0.379 e. The number of ether oxygens (including phenoxy) is 1. The third-order valence-electron chi connectivity index (χ3n) is 4.86. The van der Waals surface area contributed by atoms with Gasteiger partial charge in [-0.3, -0.25) is 15.0 Å². The molecule has 3 heterocycles. The first-order chi connectivity index (χ1) is 13.6. The number of morpholine rings is 1. The fourth-order valence-corrected chi connectivity index (χ4v) is 3.96. The van der Waals surface area contributed by atoms with E-state index < -0.39 is 0 Å². The van der Waals surface area contributed by atoms with E-state index in [9.17, 15) is 4.79 Å². The summed E-state index contributed by atoms with van der Waals surface area (Å²) >= 11 is 1.44. The van der Waals surface area contributed by atoms with Crippen LogP contribution in [-0.2, 0) is 11.3 Å².